The van der Waals surface area contributed by atoms with Crippen molar-refractivity contribution in [3.05, 3.63) is 48.6 Å². The number of nitrogens with one attached hydrogen (secondary N) is 1. The largest absolute Gasteiger partial charge is 0.375 e. The van der Waals surface area contributed by atoms with Crippen LogP contribution in [0.15, 0.2) is 48.6 Å². The van der Waals surface area contributed by atoms with Gasteiger partial charge in [-0.05, 0) is 19.1 Å². The summed E-state index contributed by atoms with van der Waals surface area (Å²) in [5, 5.41) is 3.58. The average Bonchev–Trinajstić information content (AvgIpc) is 2.36. The van der Waals surface area contributed by atoms with Crippen LogP contribution in [-0.2, 0) is 0 Å². The highest BCUT2D eigenvalue weighted by Crippen LogP contribution is 2.35. The second-order valence-corrected chi connectivity index (χ2v) is 4.23. The fourth-order valence-corrected chi connectivity index (χ4v) is 2.59. The molecule has 1 aliphatic carbocycles. The van der Waals surface area contributed by atoms with Crippen LogP contribution in [0.4, 0.5) is 11.4 Å². The van der Waals surface area contributed by atoms with E-state index in [1.165, 1.54) is 11.4 Å². The van der Waals surface area contributed by atoms with Crippen molar-refractivity contribution in [1.82, 2.24) is 0 Å². The van der Waals surface area contributed by atoms with E-state index in [-0.39, 0.29) is 0 Å². The van der Waals surface area contributed by atoms with E-state index in [1.807, 2.05) is 0 Å². The number of anilines is 2. The lowest BCUT2D eigenvalue weighted by molar-refractivity contribution is 0.637. The molecule has 1 N–H and O–H groups in total. The number of rotatable bonds is 1. The Morgan fingerprint density at radius 1 is 1.19 bits per heavy atom. The van der Waals surface area contributed by atoms with Crippen molar-refractivity contribution in [2.24, 2.45) is 0 Å². The Hall–Kier alpha value is -1.70. The highest BCUT2D eigenvalue weighted by molar-refractivity contribution is 5.74. The minimum absolute atomic E-state index is 0.403. The van der Waals surface area contributed by atoms with Crippen molar-refractivity contribution in [3.63, 3.8) is 0 Å². The number of hydrogen-bond acceptors (Lipinski definition) is 2. The van der Waals surface area contributed by atoms with Gasteiger partial charge >= 0.3 is 0 Å². The number of para-hydroxylation sites is 2. The number of fused-ring (bicyclic) bond motifs is 2. The molecule has 2 heteroatoms. The summed E-state index contributed by atoms with van der Waals surface area (Å²) >= 11 is 0. The molecule has 0 aromatic heterocycles. The van der Waals surface area contributed by atoms with Crippen LogP contribution < -0.4 is 10.2 Å². The predicted molar refractivity (Wildman–Crippen MR) is 68.9 cm³/mol. The van der Waals surface area contributed by atoms with E-state index in [1.54, 1.807) is 0 Å². The number of likely N-dealkylation sites (N-methyl/N-ethyl adjacent to an activating group) is 1. The first-order valence-electron chi connectivity index (χ1n) is 5.87. The van der Waals surface area contributed by atoms with Crippen molar-refractivity contribution >= 4 is 11.4 Å². The SMILES string of the molecule is CCN1c2ccccc2NC2C=CC=CC21. The van der Waals surface area contributed by atoms with E-state index in [0.29, 0.717) is 12.1 Å². The third-order valence-electron chi connectivity index (χ3n) is 3.34. The van der Waals surface area contributed by atoms with Crippen LogP contribution in [0, 0.1) is 0 Å². The summed E-state index contributed by atoms with van der Waals surface area (Å²) in [6, 6.07) is 9.38. The molecular formula is C14H16N2. The van der Waals surface area contributed by atoms with Crippen LogP contribution >= 0.6 is 0 Å². The molecule has 0 spiro atoms. The van der Waals surface area contributed by atoms with Crippen LogP contribution in [0.1, 0.15) is 6.92 Å². The summed E-state index contributed by atoms with van der Waals surface area (Å²) in [6.45, 7) is 3.25. The molecule has 0 saturated heterocycles. The number of nitrogens with zero attached hydrogens (tertiary/aromatic N) is 1. The first-order valence-corrected chi connectivity index (χ1v) is 5.87. The Morgan fingerprint density at radius 3 is 2.88 bits per heavy atom. The molecule has 16 heavy (non-hydrogen) atoms. The zero-order valence-electron chi connectivity index (χ0n) is 9.43. The maximum Gasteiger partial charge on any atom is 0.0714 e. The van der Waals surface area contributed by atoms with Crippen molar-refractivity contribution in [3.8, 4) is 0 Å². The Kier molecular flexibility index (Phi) is 2.21. The van der Waals surface area contributed by atoms with Crippen LogP contribution in [0.2, 0.25) is 0 Å². The quantitative estimate of drug-likeness (QED) is 0.770. The highest BCUT2D eigenvalue weighted by Gasteiger charge is 2.30. The van der Waals surface area contributed by atoms with E-state index in [2.05, 4.69) is 65.7 Å². The molecule has 2 aliphatic rings. The fraction of sp³-hybridized carbons (Fsp3) is 0.286. The van der Waals surface area contributed by atoms with Gasteiger partial charge in [0.1, 0.15) is 0 Å². The molecule has 3 rings (SSSR count). The van der Waals surface area contributed by atoms with Gasteiger partial charge in [-0.2, -0.15) is 0 Å². The first-order chi connectivity index (χ1) is 7.90. The maximum absolute atomic E-state index is 3.58. The van der Waals surface area contributed by atoms with E-state index in [9.17, 15) is 0 Å². The Labute approximate surface area is 96.3 Å². The molecule has 82 valence electrons. The normalized spacial score (nSPS) is 25.9. The zero-order chi connectivity index (χ0) is 11.0. The molecule has 1 aromatic rings. The molecule has 2 atom stereocenters. The van der Waals surface area contributed by atoms with E-state index in [0.717, 1.165) is 6.54 Å². The van der Waals surface area contributed by atoms with Gasteiger partial charge in [-0.3, -0.25) is 0 Å². The number of hydrogen-bond donors (Lipinski definition) is 1. The minimum Gasteiger partial charge on any atom is -0.375 e. The fourth-order valence-electron chi connectivity index (χ4n) is 2.59. The van der Waals surface area contributed by atoms with Crippen LogP contribution in [0.5, 0.6) is 0 Å². The summed E-state index contributed by atoms with van der Waals surface area (Å²) in [7, 11) is 0. The summed E-state index contributed by atoms with van der Waals surface area (Å²) in [4.78, 5) is 2.45. The van der Waals surface area contributed by atoms with Gasteiger partial charge in [-0.15, -0.1) is 0 Å². The Bertz CT molecular complexity index is 448. The smallest absolute Gasteiger partial charge is 0.0714 e. The molecular weight excluding hydrogens is 196 g/mol. The van der Waals surface area contributed by atoms with E-state index in [4.69, 9.17) is 0 Å². The molecule has 0 fully saturated rings. The summed E-state index contributed by atoms with van der Waals surface area (Å²) < 4.78 is 0. The van der Waals surface area contributed by atoms with Gasteiger partial charge in [0.15, 0.2) is 0 Å². The topological polar surface area (TPSA) is 15.3 Å². The van der Waals surface area contributed by atoms with Crippen LogP contribution in [0.3, 0.4) is 0 Å². The molecule has 1 aliphatic heterocycles. The predicted octanol–water partition coefficient (Wildman–Crippen LogP) is 2.80. The van der Waals surface area contributed by atoms with Crippen molar-refractivity contribution in [1.29, 1.82) is 0 Å². The molecule has 2 unspecified atom stereocenters. The lowest BCUT2D eigenvalue weighted by atomic mass is 9.96. The van der Waals surface area contributed by atoms with E-state index >= 15 is 0 Å². The first kappa shape index (κ1) is 9.52. The van der Waals surface area contributed by atoms with E-state index < -0.39 is 0 Å². The molecule has 0 radical (unpaired) electrons. The van der Waals surface area contributed by atoms with Gasteiger partial charge in [0.05, 0.1) is 23.5 Å². The molecule has 1 heterocycles. The van der Waals surface area contributed by atoms with Gasteiger partial charge in [0.25, 0.3) is 0 Å². The average molecular weight is 212 g/mol. The van der Waals surface area contributed by atoms with Gasteiger partial charge in [0.2, 0.25) is 0 Å². The van der Waals surface area contributed by atoms with Crippen molar-refractivity contribution in [2.45, 2.75) is 19.0 Å². The second kappa shape index (κ2) is 3.71. The van der Waals surface area contributed by atoms with Gasteiger partial charge < -0.3 is 10.2 Å². The summed E-state index contributed by atoms with van der Waals surface area (Å²) in [5.41, 5.74) is 2.55. The molecule has 0 bridgehead atoms. The van der Waals surface area contributed by atoms with Crippen LogP contribution in [0.25, 0.3) is 0 Å². The van der Waals surface area contributed by atoms with Crippen molar-refractivity contribution < 1.29 is 0 Å². The van der Waals surface area contributed by atoms with Crippen molar-refractivity contribution in [2.75, 3.05) is 16.8 Å². The van der Waals surface area contributed by atoms with Gasteiger partial charge in [-0.1, -0.05) is 36.4 Å². The Balaban J connectivity index is 2.07. The lowest BCUT2D eigenvalue weighted by Crippen LogP contribution is -2.49. The minimum atomic E-state index is 0.403. The lowest BCUT2D eigenvalue weighted by Gasteiger charge is -2.42. The number of benzene rings is 1. The second-order valence-electron chi connectivity index (χ2n) is 4.23. The highest BCUT2D eigenvalue weighted by atomic mass is 15.2. The molecule has 1 aromatic carbocycles. The zero-order valence-corrected chi connectivity index (χ0v) is 9.43. The molecule has 0 saturated carbocycles. The summed E-state index contributed by atoms with van der Waals surface area (Å²) in [5.74, 6) is 0. The van der Waals surface area contributed by atoms with Gasteiger partial charge in [0, 0.05) is 6.54 Å². The third kappa shape index (κ3) is 1.33. The maximum atomic E-state index is 3.58. The molecule has 2 nitrogen and oxygen atoms in total. The number of allylic oxidation sites excluding steroid dienone is 2. The standard InChI is InChI=1S/C14H16N2/c1-2-16-13-9-5-3-7-11(13)15-12-8-4-6-10-14(12)16/h3-11,13,15H,2H2,1H3. The molecule has 0 amide bonds. The van der Waals surface area contributed by atoms with Gasteiger partial charge in [-0.25, -0.2) is 0 Å². The summed E-state index contributed by atoms with van der Waals surface area (Å²) in [6.07, 6.45) is 8.77. The monoisotopic (exact) mass is 212 g/mol. The van der Waals surface area contributed by atoms with Crippen LogP contribution in [-0.4, -0.2) is 18.6 Å². The Morgan fingerprint density at radius 2 is 2.00 bits per heavy atom. The third-order valence-corrected chi connectivity index (χ3v) is 3.34.